The summed E-state index contributed by atoms with van der Waals surface area (Å²) in [4.78, 5) is 56.7. The summed E-state index contributed by atoms with van der Waals surface area (Å²) >= 11 is 6.35. The van der Waals surface area contributed by atoms with E-state index in [-0.39, 0.29) is 24.8 Å². The molecule has 2 atom stereocenters. The fourth-order valence-corrected chi connectivity index (χ4v) is 9.36. The molecule has 59 heavy (non-hydrogen) atoms. The molecule has 11 heteroatoms. The van der Waals surface area contributed by atoms with Crippen molar-refractivity contribution in [3.05, 3.63) is 131 Å². The van der Waals surface area contributed by atoms with E-state index in [0.29, 0.717) is 29.5 Å². The molecule has 4 aromatic rings. The lowest BCUT2D eigenvalue weighted by Gasteiger charge is -2.38. The number of hydrogen-bond acceptors (Lipinski definition) is 8. The average molecular weight is 814 g/mol. The van der Waals surface area contributed by atoms with Crippen LogP contribution in [-0.2, 0) is 9.59 Å². The van der Waals surface area contributed by atoms with Gasteiger partial charge in [0.25, 0.3) is 11.8 Å². The van der Waals surface area contributed by atoms with Crippen LogP contribution in [0.15, 0.2) is 103 Å². The van der Waals surface area contributed by atoms with Gasteiger partial charge in [0.15, 0.2) is 0 Å². The second-order valence-corrected chi connectivity index (χ2v) is 16.5. The van der Waals surface area contributed by atoms with Crippen molar-refractivity contribution in [3.63, 3.8) is 0 Å². The number of piperidine rings is 3. The van der Waals surface area contributed by atoms with E-state index in [0.717, 1.165) is 93.3 Å². The number of carbonyl (C=O) groups excluding carboxylic acids is 4. The number of halogens is 1. The van der Waals surface area contributed by atoms with Crippen molar-refractivity contribution in [2.24, 2.45) is 5.92 Å². The molecule has 4 aliphatic heterocycles. The molecule has 3 saturated heterocycles. The zero-order valence-electron chi connectivity index (χ0n) is 33.4. The van der Waals surface area contributed by atoms with Gasteiger partial charge in [-0.15, -0.1) is 11.6 Å². The van der Waals surface area contributed by atoms with E-state index in [1.54, 1.807) is 12.1 Å². The summed E-state index contributed by atoms with van der Waals surface area (Å²) in [7, 11) is 0. The molecule has 306 valence electrons. The van der Waals surface area contributed by atoms with Crippen LogP contribution in [0, 0.1) is 5.92 Å². The van der Waals surface area contributed by atoms with Crippen molar-refractivity contribution in [1.29, 1.82) is 0 Å². The minimum Gasteiger partial charge on any atom is -0.492 e. The number of allylic oxidation sites excluding steroid dienone is 1. The van der Waals surface area contributed by atoms with Crippen LogP contribution in [0.3, 0.4) is 0 Å². The number of likely N-dealkylation sites (tertiary alicyclic amines) is 2. The number of imide groups is 2. The Morgan fingerprint density at radius 3 is 2.15 bits per heavy atom. The van der Waals surface area contributed by atoms with Gasteiger partial charge in [-0.25, -0.2) is 0 Å². The van der Waals surface area contributed by atoms with Gasteiger partial charge in [-0.3, -0.25) is 34.3 Å². The summed E-state index contributed by atoms with van der Waals surface area (Å²) in [6.07, 6.45) is 5.45. The van der Waals surface area contributed by atoms with Crippen molar-refractivity contribution in [2.45, 2.75) is 57.0 Å². The molecule has 4 amide bonds. The maximum atomic E-state index is 13.3. The van der Waals surface area contributed by atoms with Crippen LogP contribution >= 0.6 is 11.6 Å². The molecule has 0 bridgehead atoms. The van der Waals surface area contributed by atoms with Crippen LogP contribution < -0.4 is 15.4 Å². The zero-order valence-corrected chi connectivity index (χ0v) is 34.2. The highest BCUT2D eigenvalue weighted by molar-refractivity contribution is 6.23. The van der Waals surface area contributed by atoms with Gasteiger partial charge in [-0.05, 0) is 122 Å². The van der Waals surface area contributed by atoms with E-state index < -0.39 is 23.8 Å². The summed E-state index contributed by atoms with van der Waals surface area (Å²) in [5, 5.41) is 5.87. The number of hydrogen-bond donors (Lipinski definition) is 2. The van der Waals surface area contributed by atoms with E-state index in [2.05, 4.69) is 93.2 Å². The molecule has 0 spiro atoms. The van der Waals surface area contributed by atoms with Crippen molar-refractivity contribution < 1.29 is 23.9 Å². The number of anilines is 1. The molecule has 4 aromatic carbocycles. The molecule has 4 heterocycles. The third kappa shape index (κ3) is 9.46. The molecule has 1 unspecified atom stereocenters. The summed E-state index contributed by atoms with van der Waals surface area (Å²) in [5.74, 6) is 0.107. The fraction of sp³-hybridized carbons (Fsp3) is 0.375. The molecule has 4 aliphatic rings. The van der Waals surface area contributed by atoms with E-state index in [1.165, 1.54) is 22.3 Å². The van der Waals surface area contributed by atoms with Gasteiger partial charge in [0.05, 0.1) is 11.1 Å². The third-order valence-corrected chi connectivity index (χ3v) is 12.4. The smallest absolute Gasteiger partial charge is 0.262 e. The predicted molar refractivity (Wildman–Crippen MR) is 231 cm³/mol. The Balaban J connectivity index is 0.797. The number of benzene rings is 4. The molecule has 8 rings (SSSR count). The highest BCUT2D eigenvalue weighted by atomic mass is 35.5. The number of alkyl halides is 1. The fourth-order valence-electron chi connectivity index (χ4n) is 9.17. The van der Waals surface area contributed by atoms with E-state index in [4.69, 9.17) is 16.3 Å². The van der Waals surface area contributed by atoms with Gasteiger partial charge in [0.1, 0.15) is 18.4 Å². The lowest BCUT2D eigenvalue weighted by atomic mass is 9.88. The first-order valence-corrected chi connectivity index (χ1v) is 21.6. The Bertz CT molecular complexity index is 2170. The molecule has 0 saturated carbocycles. The Morgan fingerprint density at radius 1 is 0.746 bits per heavy atom. The molecule has 0 aromatic heterocycles. The molecular formula is C48H52ClN5O5. The molecular weight excluding hydrogens is 762 g/mol. The molecule has 2 N–H and O–H groups in total. The Hall–Kier alpha value is -5.29. The number of carbonyl (C=O) groups is 4. The van der Waals surface area contributed by atoms with E-state index >= 15 is 0 Å². The van der Waals surface area contributed by atoms with Crippen molar-refractivity contribution in [1.82, 2.24) is 20.0 Å². The average Bonchev–Trinajstić information content (AvgIpc) is 3.50. The number of nitrogens with one attached hydrogen (secondary N) is 2. The largest absolute Gasteiger partial charge is 0.492 e. The highest BCUT2D eigenvalue weighted by Gasteiger charge is 2.44. The number of amides is 4. The first-order chi connectivity index (χ1) is 28.8. The first kappa shape index (κ1) is 40.5. The summed E-state index contributed by atoms with van der Waals surface area (Å²) in [6, 6.07) is 34.0. The Labute approximate surface area is 351 Å². The number of ether oxygens (including phenoxy) is 1. The summed E-state index contributed by atoms with van der Waals surface area (Å²) < 4.78 is 6.27. The van der Waals surface area contributed by atoms with Gasteiger partial charge in [0.2, 0.25) is 11.8 Å². The monoisotopic (exact) mass is 813 g/mol. The molecule has 3 fully saturated rings. The van der Waals surface area contributed by atoms with E-state index in [9.17, 15) is 19.2 Å². The first-order valence-electron chi connectivity index (χ1n) is 21.0. The van der Waals surface area contributed by atoms with Gasteiger partial charge in [-0.2, -0.15) is 0 Å². The van der Waals surface area contributed by atoms with Gasteiger partial charge in [0, 0.05) is 43.7 Å². The second-order valence-electron chi connectivity index (χ2n) is 16.1. The van der Waals surface area contributed by atoms with Gasteiger partial charge >= 0.3 is 0 Å². The molecule has 0 radical (unpaired) electrons. The van der Waals surface area contributed by atoms with Crippen LogP contribution in [-0.4, -0.2) is 102 Å². The second kappa shape index (κ2) is 18.7. The van der Waals surface area contributed by atoms with Crippen LogP contribution in [0.2, 0.25) is 0 Å². The minimum absolute atomic E-state index is 0.0990. The molecule has 0 aliphatic carbocycles. The van der Waals surface area contributed by atoms with Crippen LogP contribution in [0.25, 0.3) is 11.1 Å². The maximum Gasteiger partial charge on any atom is 0.262 e. The SMILES string of the molecule is O=C1CCC(N2C(=O)c3ccc(N[C@@H]4CCCN(CC5CCN(CCOc6ccc(C(=C(CCCl)c7ccccc7)c7ccccc7)cc6)CC5)C4)cc3C2=O)C(=O)N1. The van der Waals surface area contributed by atoms with Crippen LogP contribution in [0.1, 0.15) is 82.4 Å². The van der Waals surface area contributed by atoms with Gasteiger partial charge in [-0.1, -0.05) is 72.8 Å². The molecule has 10 nitrogen and oxygen atoms in total. The number of rotatable bonds is 14. The van der Waals surface area contributed by atoms with Crippen molar-refractivity contribution >= 4 is 52.1 Å². The predicted octanol–water partition coefficient (Wildman–Crippen LogP) is 7.34. The summed E-state index contributed by atoms with van der Waals surface area (Å²) in [6.45, 7) is 6.73. The number of fused-ring (bicyclic) bond motifs is 1. The third-order valence-electron chi connectivity index (χ3n) is 12.2. The Kier molecular flexibility index (Phi) is 12.9. The van der Waals surface area contributed by atoms with Gasteiger partial charge < -0.3 is 15.0 Å². The zero-order chi connectivity index (χ0) is 40.7. The van der Waals surface area contributed by atoms with Crippen LogP contribution in [0.5, 0.6) is 5.75 Å². The lowest BCUT2D eigenvalue weighted by Crippen LogP contribution is -2.54. The highest BCUT2D eigenvalue weighted by Crippen LogP contribution is 2.36. The Morgan fingerprint density at radius 2 is 1.44 bits per heavy atom. The quantitative estimate of drug-likeness (QED) is 0.0774. The minimum atomic E-state index is -0.967. The standard InChI is InChI=1S/C48H52ClN5O5/c49-24-21-40(34-8-3-1-4-9-34)45(35-10-5-2-6-11-35)36-13-16-39(17-14-36)59-29-28-52-26-22-33(23-27-52)31-53-25-7-12-38(32-53)50-37-15-18-41-42(30-37)48(58)54(47(41)57)43-19-20-44(55)51-46(43)56/h1-6,8-11,13-18,30,33,38,43,50H,7,12,19-29,31-32H2,(H,51,55,56)/t38-,43?/m1/s1. The summed E-state index contributed by atoms with van der Waals surface area (Å²) in [5.41, 5.74) is 7.31. The van der Waals surface area contributed by atoms with Crippen molar-refractivity contribution in [2.75, 3.05) is 57.1 Å². The van der Waals surface area contributed by atoms with Crippen molar-refractivity contribution in [3.8, 4) is 5.75 Å². The van der Waals surface area contributed by atoms with E-state index in [1.807, 2.05) is 18.2 Å². The normalized spacial score (nSPS) is 20.9. The number of nitrogens with zero attached hydrogens (tertiary/aromatic N) is 3. The topological polar surface area (TPSA) is 111 Å². The maximum absolute atomic E-state index is 13.3. The lowest BCUT2D eigenvalue weighted by molar-refractivity contribution is -0.136. The van der Waals surface area contributed by atoms with Crippen LogP contribution in [0.4, 0.5) is 5.69 Å².